The second-order valence-electron chi connectivity index (χ2n) is 5.00. The molecule has 0 amide bonds. The molecule has 0 atom stereocenters. The molecule has 1 aromatic rings. The van der Waals surface area contributed by atoms with E-state index in [1.54, 1.807) is 26.8 Å². The summed E-state index contributed by atoms with van der Waals surface area (Å²) in [6.07, 6.45) is 0. The maximum absolute atomic E-state index is 11.4. The second kappa shape index (κ2) is 5.73. The topological polar surface area (TPSA) is 78.8 Å². The summed E-state index contributed by atoms with van der Waals surface area (Å²) in [4.78, 5) is 11.4. The molecule has 18 heavy (non-hydrogen) atoms. The van der Waals surface area contributed by atoms with E-state index in [1.165, 1.54) is 12.1 Å². The summed E-state index contributed by atoms with van der Waals surface area (Å²) in [7, 11) is 0. The van der Waals surface area contributed by atoms with Crippen LogP contribution in [0.4, 0.5) is 0 Å². The first-order valence-electron chi connectivity index (χ1n) is 5.71. The fourth-order valence-corrected chi connectivity index (χ4v) is 1.38. The van der Waals surface area contributed by atoms with Crippen molar-refractivity contribution < 1.29 is 19.7 Å². The highest BCUT2D eigenvalue weighted by Gasteiger charge is 2.15. The Morgan fingerprint density at radius 2 is 2.00 bits per heavy atom. The Balaban J connectivity index is 2.40. The lowest BCUT2D eigenvalue weighted by Crippen LogP contribution is -2.31. The van der Waals surface area contributed by atoms with Gasteiger partial charge in [-0.15, -0.1) is 0 Å². The van der Waals surface area contributed by atoms with E-state index in [0.29, 0.717) is 12.1 Å². The standard InChI is InChI=1S/C13H19NO4/c1-13(2,3)18-12(17)8-14-7-9-4-5-10(15)6-11(9)16/h4-6,14-16H,7-8H2,1-3H3. The van der Waals surface area contributed by atoms with E-state index < -0.39 is 5.60 Å². The van der Waals surface area contributed by atoms with Gasteiger partial charge in [0.1, 0.15) is 17.1 Å². The first kappa shape index (κ1) is 14.3. The van der Waals surface area contributed by atoms with E-state index in [2.05, 4.69) is 5.32 Å². The lowest BCUT2D eigenvalue weighted by Gasteiger charge is -2.19. The van der Waals surface area contributed by atoms with Crippen molar-refractivity contribution in [2.24, 2.45) is 0 Å². The first-order valence-corrected chi connectivity index (χ1v) is 5.71. The average molecular weight is 253 g/mol. The zero-order valence-corrected chi connectivity index (χ0v) is 10.9. The number of hydrogen-bond donors (Lipinski definition) is 3. The number of benzene rings is 1. The van der Waals surface area contributed by atoms with Crippen molar-refractivity contribution >= 4 is 5.97 Å². The van der Waals surface area contributed by atoms with Crippen molar-refractivity contribution in [1.29, 1.82) is 0 Å². The van der Waals surface area contributed by atoms with Crippen molar-refractivity contribution in [3.05, 3.63) is 23.8 Å². The molecule has 0 saturated heterocycles. The minimum absolute atomic E-state index is 0.00314. The third-order valence-electron chi connectivity index (χ3n) is 2.07. The number of hydrogen-bond acceptors (Lipinski definition) is 5. The number of phenolic OH excluding ortho intramolecular Hbond substituents is 2. The van der Waals surface area contributed by atoms with Crippen LogP contribution in [-0.4, -0.2) is 28.3 Å². The summed E-state index contributed by atoms with van der Waals surface area (Å²) >= 11 is 0. The Labute approximate surface area is 106 Å². The highest BCUT2D eigenvalue weighted by Crippen LogP contribution is 2.22. The van der Waals surface area contributed by atoms with Crippen molar-refractivity contribution in [3.63, 3.8) is 0 Å². The molecule has 0 spiro atoms. The number of carbonyl (C=O) groups excluding carboxylic acids is 1. The fraction of sp³-hybridized carbons (Fsp3) is 0.462. The lowest BCUT2D eigenvalue weighted by atomic mass is 10.2. The molecular weight excluding hydrogens is 234 g/mol. The van der Waals surface area contributed by atoms with Gasteiger partial charge in [0.25, 0.3) is 0 Å². The van der Waals surface area contributed by atoms with Gasteiger partial charge in [-0.25, -0.2) is 0 Å². The quantitative estimate of drug-likeness (QED) is 0.709. The van der Waals surface area contributed by atoms with E-state index in [9.17, 15) is 9.90 Å². The Morgan fingerprint density at radius 3 is 2.56 bits per heavy atom. The van der Waals surface area contributed by atoms with Crippen LogP contribution < -0.4 is 5.32 Å². The summed E-state index contributed by atoms with van der Waals surface area (Å²) in [5.41, 5.74) is 0.107. The molecule has 5 heteroatoms. The molecule has 0 fully saturated rings. The molecule has 0 aliphatic heterocycles. The van der Waals surface area contributed by atoms with Crippen LogP contribution >= 0.6 is 0 Å². The van der Waals surface area contributed by atoms with Crippen LogP contribution in [0.3, 0.4) is 0 Å². The Bertz CT molecular complexity index is 423. The molecule has 0 radical (unpaired) electrons. The molecule has 1 aromatic carbocycles. The Kier molecular flexibility index (Phi) is 4.55. The van der Waals surface area contributed by atoms with Crippen LogP contribution in [0, 0.1) is 0 Å². The van der Waals surface area contributed by atoms with Crippen LogP contribution in [0.25, 0.3) is 0 Å². The third kappa shape index (κ3) is 5.05. The molecule has 0 bridgehead atoms. The van der Waals surface area contributed by atoms with Gasteiger partial charge in [-0.2, -0.15) is 0 Å². The monoisotopic (exact) mass is 253 g/mol. The molecule has 5 nitrogen and oxygen atoms in total. The first-order chi connectivity index (χ1) is 8.28. The molecule has 0 heterocycles. The Morgan fingerprint density at radius 1 is 1.33 bits per heavy atom. The predicted octanol–water partition coefficient (Wildman–Crippen LogP) is 1.53. The van der Waals surface area contributed by atoms with Crippen molar-refractivity contribution in [1.82, 2.24) is 5.32 Å². The summed E-state index contributed by atoms with van der Waals surface area (Å²) in [5, 5.41) is 21.5. The number of esters is 1. The number of rotatable bonds is 4. The largest absolute Gasteiger partial charge is 0.508 e. The van der Waals surface area contributed by atoms with Gasteiger partial charge in [-0.05, 0) is 26.8 Å². The van der Waals surface area contributed by atoms with Gasteiger partial charge in [0, 0.05) is 18.2 Å². The lowest BCUT2D eigenvalue weighted by molar-refractivity contribution is -0.153. The molecule has 0 saturated carbocycles. The molecule has 100 valence electrons. The van der Waals surface area contributed by atoms with Gasteiger partial charge < -0.3 is 20.3 Å². The van der Waals surface area contributed by atoms with E-state index in [-0.39, 0.29) is 24.0 Å². The SMILES string of the molecule is CC(C)(C)OC(=O)CNCc1ccc(O)cc1O. The number of nitrogens with one attached hydrogen (secondary N) is 1. The molecule has 0 unspecified atom stereocenters. The number of aromatic hydroxyl groups is 2. The molecule has 1 rings (SSSR count). The molecule has 0 aliphatic rings. The molecule has 3 N–H and O–H groups in total. The van der Waals surface area contributed by atoms with Crippen LogP contribution in [0.2, 0.25) is 0 Å². The maximum Gasteiger partial charge on any atom is 0.320 e. The summed E-state index contributed by atoms with van der Waals surface area (Å²) in [5.74, 6) is -0.351. The van der Waals surface area contributed by atoms with Gasteiger partial charge in [0.15, 0.2) is 0 Å². The minimum atomic E-state index is -0.501. The number of ether oxygens (including phenoxy) is 1. The summed E-state index contributed by atoms with van der Waals surface area (Å²) < 4.78 is 5.12. The predicted molar refractivity (Wildman–Crippen MR) is 67.3 cm³/mol. The zero-order chi connectivity index (χ0) is 13.8. The molecule has 0 aromatic heterocycles. The highest BCUT2D eigenvalue weighted by molar-refractivity contribution is 5.72. The van der Waals surface area contributed by atoms with Gasteiger partial charge in [-0.3, -0.25) is 4.79 Å². The summed E-state index contributed by atoms with van der Waals surface area (Å²) in [6.45, 7) is 5.80. The van der Waals surface area contributed by atoms with E-state index >= 15 is 0 Å². The van der Waals surface area contributed by atoms with Gasteiger partial charge in [-0.1, -0.05) is 6.07 Å². The van der Waals surface area contributed by atoms with Crippen LogP contribution in [0.15, 0.2) is 18.2 Å². The Hall–Kier alpha value is -1.75. The average Bonchev–Trinajstić information content (AvgIpc) is 2.18. The van der Waals surface area contributed by atoms with Gasteiger partial charge in [0.2, 0.25) is 0 Å². The van der Waals surface area contributed by atoms with Crippen LogP contribution in [-0.2, 0) is 16.1 Å². The maximum atomic E-state index is 11.4. The van der Waals surface area contributed by atoms with Crippen molar-refractivity contribution in [2.45, 2.75) is 32.9 Å². The third-order valence-corrected chi connectivity index (χ3v) is 2.07. The minimum Gasteiger partial charge on any atom is -0.508 e. The molecule has 0 aliphatic carbocycles. The van der Waals surface area contributed by atoms with E-state index in [4.69, 9.17) is 9.84 Å². The smallest absolute Gasteiger partial charge is 0.320 e. The van der Waals surface area contributed by atoms with Crippen LogP contribution in [0.5, 0.6) is 11.5 Å². The highest BCUT2D eigenvalue weighted by atomic mass is 16.6. The van der Waals surface area contributed by atoms with Crippen molar-refractivity contribution in [3.8, 4) is 11.5 Å². The zero-order valence-electron chi connectivity index (χ0n) is 10.9. The van der Waals surface area contributed by atoms with Gasteiger partial charge >= 0.3 is 5.97 Å². The summed E-state index contributed by atoms with van der Waals surface area (Å²) in [6, 6.07) is 4.32. The van der Waals surface area contributed by atoms with E-state index in [0.717, 1.165) is 0 Å². The van der Waals surface area contributed by atoms with Crippen LogP contribution in [0.1, 0.15) is 26.3 Å². The van der Waals surface area contributed by atoms with Crippen molar-refractivity contribution in [2.75, 3.05) is 6.54 Å². The normalized spacial score (nSPS) is 11.3. The van der Waals surface area contributed by atoms with Gasteiger partial charge in [0.05, 0.1) is 6.54 Å². The fourth-order valence-electron chi connectivity index (χ4n) is 1.38. The van der Waals surface area contributed by atoms with E-state index in [1.807, 2.05) is 0 Å². The molecular formula is C13H19NO4. The number of phenols is 2. The number of carbonyl (C=O) groups is 1. The second-order valence-corrected chi connectivity index (χ2v) is 5.00.